The first-order valence-electron chi connectivity index (χ1n) is 16.7. The molecule has 28 heteroatoms. The molecule has 0 aromatic heterocycles. The number of aliphatic hydroxyl groups is 2. The van der Waals surface area contributed by atoms with Crippen molar-refractivity contribution < 1.29 is 73.2 Å². The maximum absolute atomic E-state index is 13.1. The molecule has 0 unspecified atom stereocenters. The van der Waals surface area contributed by atoms with E-state index in [9.17, 15) is 63.0 Å². The molecule has 9 amide bonds. The molecule has 0 aliphatic rings. The molecule has 0 aromatic carbocycles. The Balaban J connectivity index is 5.24. The topological polar surface area (TPSA) is 467 Å². The number of guanidine groups is 1. The van der Waals surface area contributed by atoms with Crippen LogP contribution in [0.3, 0.4) is 0 Å². The number of aliphatic carboxylic acids is 2. The van der Waals surface area contributed by atoms with Gasteiger partial charge in [0, 0.05) is 6.54 Å². The average molecular weight is 820 g/mol. The van der Waals surface area contributed by atoms with Crippen molar-refractivity contribution >= 4 is 71.1 Å². The number of carbonyl (C=O) groups is 11. The third-order valence-electron chi connectivity index (χ3n) is 6.88. The summed E-state index contributed by atoms with van der Waals surface area (Å²) in [5.74, 6) is -11.6. The van der Waals surface area contributed by atoms with Crippen LogP contribution in [-0.2, 0) is 52.7 Å². The average Bonchev–Trinajstić information content (AvgIpc) is 3.14. The Morgan fingerprint density at radius 3 is 1.53 bits per heavy atom. The SMILES string of the molecule is C[C@H](NC(=O)[C@H](CO)NC(=O)[C@H](CCCN=C(N)N)NC(=O)CNC(=O)[C@H](CO)NC(=O)CNC(=O)CNC(=O)[C@@H](N)CC(=O)O)C(=O)NCC(=O)NCC(=O)O. The van der Waals surface area contributed by atoms with Crippen molar-refractivity contribution in [2.45, 2.75) is 56.4 Å². The van der Waals surface area contributed by atoms with E-state index in [2.05, 4.69) is 47.5 Å². The van der Waals surface area contributed by atoms with Crippen LogP contribution in [0.1, 0.15) is 26.2 Å². The van der Waals surface area contributed by atoms with Gasteiger partial charge >= 0.3 is 11.9 Å². The monoisotopic (exact) mass is 819 g/mol. The Hall–Kier alpha value is -6.68. The van der Waals surface area contributed by atoms with E-state index in [-0.39, 0.29) is 25.3 Å². The van der Waals surface area contributed by atoms with Crippen molar-refractivity contribution in [3.8, 4) is 0 Å². The molecule has 0 heterocycles. The lowest BCUT2D eigenvalue weighted by molar-refractivity contribution is -0.139. The highest BCUT2D eigenvalue weighted by atomic mass is 16.4. The lowest BCUT2D eigenvalue weighted by atomic mass is 10.1. The van der Waals surface area contributed by atoms with Crippen LogP contribution in [0.25, 0.3) is 0 Å². The van der Waals surface area contributed by atoms with Gasteiger partial charge in [0.2, 0.25) is 53.2 Å². The largest absolute Gasteiger partial charge is 0.481 e. The number of hydrogen-bond acceptors (Lipinski definition) is 15. The third kappa shape index (κ3) is 23.0. The van der Waals surface area contributed by atoms with Gasteiger partial charge in [-0.2, -0.15) is 0 Å². The lowest BCUT2D eigenvalue weighted by Gasteiger charge is -2.23. The Bertz CT molecular complexity index is 1510. The molecule has 0 rings (SSSR count). The molecule has 0 aromatic rings. The minimum absolute atomic E-state index is 0.00246. The second-order valence-electron chi connectivity index (χ2n) is 11.7. The second kappa shape index (κ2) is 27.0. The number of amides is 9. The van der Waals surface area contributed by atoms with Crippen molar-refractivity contribution in [1.82, 2.24) is 47.9 Å². The van der Waals surface area contributed by atoms with Crippen LogP contribution in [0.2, 0.25) is 0 Å². The number of carboxylic acid groups (broad SMARTS) is 2. The van der Waals surface area contributed by atoms with Crippen LogP contribution in [0.15, 0.2) is 4.99 Å². The molecular weight excluding hydrogens is 770 g/mol. The van der Waals surface area contributed by atoms with E-state index >= 15 is 0 Å². The molecule has 0 bridgehead atoms. The molecule has 0 aliphatic carbocycles. The summed E-state index contributed by atoms with van der Waals surface area (Å²) < 4.78 is 0. The minimum Gasteiger partial charge on any atom is -0.481 e. The molecule has 57 heavy (non-hydrogen) atoms. The first kappa shape index (κ1) is 50.3. The fraction of sp³-hybridized carbons (Fsp3) is 0.586. The van der Waals surface area contributed by atoms with Crippen molar-refractivity contribution in [2.24, 2.45) is 22.2 Å². The summed E-state index contributed by atoms with van der Waals surface area (Å²) in [6.07, 6.45) is -0.748. The smallest absolute Gasteiger partial charge is 0.322 e. The Morgan fingerprint density at radius 1 is 0.544 bits per heavy atom. The third-order valence-corrected chi connectivity index (χ3v) is 6.88. The first-order chi connectivity index (χ1) is 26.7. The number of nitrogens with one attached hydrogen (secondary N) is 9. The highest BCUT2D eigenvalue weighted by molar-refractivity contribution is 5.96. The quantitative estimate of drug-likeness (QED) is 0.0208. The highest BCUT2D eigenvalue weighted by Gasteiger charge is 2.29. The molecule has 0 saturated heterocycles. The number of rotatable bonds is 27. The zero-order chi connectivity index (χ0) is 43.7. The first-order valence-corrected chi connectivity index (χ1v) is 16.7. The van der Waals surface area contributed by atoms with Crippen molar-refractivity contribution in [1.29, 1.82) is 0 Å². The van der Waals surface area contributed by atoms with Gasteiger partial charge in [0.25, 0.3) is 0 Å². The number of nitrogens with zero attached hydrogens (tertiary/aromatic N) is 1. The van der Waals surface area contributed by atoms with E-state index in [1.807, 2.05) is 5.32 Å². The van der Waals surface area contributed by atoms with Crippen molar-refractivity contribution in [3.63, 3.8) is 0 Å². The number of carboxylic acids is 2. The summed E-state index contributed by atoms with van der Waals surface area (Å²) in [4.78, 5) is 136. The summed E-state index contributed by atoms with van der Waals surface area (Å²) in [5.41, 5.74) is 16.0. The molecule has 19 N–H and O–H groups in total. The van der Waals surface area contributed by atoms with E-state index in [1.54, 1.807) is 0 Å². The molecular formula is C29H49N13O15. The van der Waals surface area contributed by atoms with E-state index in [4.69, 9.17) is 27.4 Å². The standard InChI is InChI=1S/C29H49N13O15/c1-13(24(53)36-6-19(46)35-10-23(51)52)39-28(57)17(12-44)42-27(56)15(3-2-4-33-29(31)32)40-21(48)9-38-26(55)16(11-43)41-20(47)8-34-18(45)7-37-25(54)14(30)5-22(49)50/h13-17,43-44H,2-12,30H2,1H3,(H,34,45)(H,35,46)(H,36,53)(H,37,54)(H,38,55)(H,39,57)(H,40,48)(H,41,47)(H,42,56)(H,49,50)(H,51,52)(H4,31,32,33)/t13-,14-,15-,16-,17-/m0/s1. The van der Waals surface area contributed by atoms with Gasteiger partial charge in [-0.3, -0.25) is 57.7 Å². The van der Waals surface area contributed by atoms with Crippen molar-refractivity contribution in [2.75, 3.05) is 52.5 Å². The summed E-state index contributed by atoms with van der Waals surface area (Å²) >= 11 is 0. The van der Waals surface area contributed by atoms with Gasteiger partial charge in [-0.1, -0.05) is 0 Å². The van der Waals surface area contributed by atoms with Crippen molar-refractivity contribution in [3.05, 3.63) is 0 Å². The Labute approximate surface area is 323 Å². The maximum atomic E-state index is 13.1. The van der Waals surface area contributed by atoms with E-state index in [1.165, 1.54) is 6.92 Å². The van der Waals surface area contributed by atoms with Crippen LogP contribution >= 0.6 is 0 Å². The van der Waals surface area contributed by atoms with Gasteiger partial charge < -0.3 is 85.5 Å². The molecule has 0 radical (unpaired) electrons. The fourth-order valence-electron chi connectivity index (χ4n) is 3.97. The molecule has 0 saturated carbocycles. The number of aliphatic hydroxyl groups excluding tert-OH is 2. The van der Waals surface area contributed by atoms with Gasteiger partial charge in [0.05, 0.1) is 51.9 Å². The molecule has 5 atom stereocenters. The molecule has 0 spiro atoms. The van der Waals surface area contributed by atoms with Gasteiger partial charge in [-0.05, 0) is 19.8 Å². The maximum Gasteiger partial charge on any atom is 0.322 e. The summed E-state index contributed by atoms with van der Waals surface area (Å²) in [6, 6.07) is -7.45. The molecule has 0 aliphatic heterocycles. The summed E-state index contributed by atoms with van der Waals surface area (Å²) in [7, 11) is 0. The van der Waals surface area contributed by atoms with E-state index in [0.29, 0.717) is 0 Å². The van der Waals surface area contributed by atoms with E-state index in [0.717, 1.165) is 0 Å². The predicted octanol–water partition coefficient (Wildman–Crippen LogP) is -10.5. The van der Waals surface area contributed by atoms with E-state index < -0.39 is 148 Å². The summed E-state index contributed by atoms with van der Waals surface area (Å²) in [5, 5.41) is 55.9. The number of nitrogens with two attached hydrogens (primary N) is 3. The number of aliphatic imine (C=N–C) groups is 1. The number of hydrogen-bond donors (Lipinski definition) is 16. The highest BCUT2D eigenvalue weighted by Crippen LogP contribution is 2.01. The van der Waals surface area contributed by atoms with Gasteiger partial charge in [0.15, 0.2) is 5.96 Å². The molecule has 320 valence electrons. The van der Waals surface area contributed by atoms with Crippen LogP contribution in [0.5, 0.6) is 0 Å². The van der Waals surface area contributed by atoms with Crippen LogP contribution < -0.4 is 65.1 Å². The second-order valence-corrected chi connectivity index (χ2v) is 11.7. The number of carbonyl (C=O) groups excluding carboxylic acids is 9. The predicted molar refractivity (Wildman–Crippen MR) is 190 cm³/mol. The zero-order valence-corrected chi connectivity index (χ0v) is 30.6. The fourth-order valence-corrected chi connectivity index (χ4v) is 3.97. The zero-order valence-electron chi connectivity index (χ0n) is 30.6. The normalized spacial score (nSPS) is 13.0. The summed E-state index contributed by atoms with van der Waals surface area (Å²) in [6.45, 7) is -4.26. The molecule has 28 nitrogen and oxygen atoms in total. The van der Waals surface area contributed by atoms with Gasteiger partial charge in [0.1, 0.15) is 30.7 Å². The minimum atomic E-state index is -1.66. The van der Waals surface area contributed by atoms with Crippen LogP contribution in [0, 0.1) is 0 Å². The van der Waals surface area contributed by atoms with Crippen LogP contribution in [0.4, 0.5) is 0 Å². The lowest BCUT2D eigenvalue weighted by Crippen LogP contribution is -2.58. The Morgan fingerprint density at radius 2 is 1.00 bits per heavy atom. The molecule has 0 fully saturated rings. The Kier molecular flexibility index (Phi) is 23.8. The van der Waals surface area contributed by atoms with Gasteiger partial charge in [-0.15, -0.1) is 0 Å². The van der Waals surface area contributed by atoms with Crippen LogP contribution in [-0.4, -0.2) is 174 Å². The van der Waals surface area contributed by atoms with Gasteiger partial charge in [-0.25, -0.2) is 0 Å².